The fourth-order valence-electron chi connectivity index (χ4n) is 4.78. The van der Waals surface area contributed by atoms with Crippen LogP contribution in [0.15, 0.2) is 106 Å². The van der Waals surface area contributed by atoms with Crippen molar-refractivity contribution in [2.75, 3.05) is 7.11 Å². The zero-order chi connectivity index (χ0) is 28.5. The molecule has 0 radical (unpaired) electrons. The van der Waals surface area contributed by atoms with E-state index in [1.54, 1.807) is 30.3 Å². The second-order valence-corrected chi connectivity index (χ2v) is 11.2. The molecule has 0 spiro atoms. The Balaban J connectivity index is 1.24. The topological polar surface area (TPSA) is 72.9 Å². The standard InChI is InChI=1S/C33H22BrNO5S/c1-39-28-17-21(16-27(34)30(28)40-32(37)26-12-6-10-23-8-4-5-11-25(23)26)18-29-31(36)35(33(38)41-29)19-20-13-14-22-7-2-3-9-24(22)15-20/h2-18H,19H2,1H3/b29-18-. The summed E-state index contributed by atoms with van der Waals surface area (Å²) in [5, 5.41) is 3.52. The second-order valence-electron chi connectivity index (χ2n) is 9.40. The lowest BCUT2D eigenvalue weighted by Gasteiger charge is -2.14. The monoisotopic (exact) mass is 623 g/mol. The molecule has 6 rings (SSSR count). The number of hydrogen-bond acceptors (Lipinski definition) is 6. The Hall–Kier alpha value is -4.40. The molecule has 0 aliphatic carbocycles. The molecular weight excluding hydrogens is 602 g/mol. The first kappa shape index (κ1) is 26.8. The van der Waals surface area contributed by atoms with Crippen LogP contribution >= 0.6 is 27.7 Å². The molecule has 0 saturated carbocycles. The molecule has 8 heteroatoms. The molecule has 1 fully saturated rings. The van der Waals surface area contributed by atoms with E-state index in [0.717, 1.165) is 38.9 Å². The number of methoxy groups -OCH3 is 1. The molecule has 2 amide bonds. The molecule has 0 bridgehead atoms. The van der Waals surface area contributed by atoms with Crippen molar-refractivity contribution in [1.82, 2.24) is 4.90 Å². The Morgan fingerprint density at radius 1 is 0.878 bits per heavy atom. The molecule has 1 saturated heterocycles. The minimum absolute atomic E-state index is 0.183. The Bertz CT molecular complexity index is 1900. The number of fused-ring (bicyclic) bond motifs is 2. The van der Waals surface area contributed by atoms with Gasteiger partial charge in [0.1, 0.15) is 0 Å². The Kier molecular flexibility index (Phi) is 7.34. The van der Waals surface area contributed by atoms with Crippen LogP contribution < -0.4 is 9.47 Å². The van der Waals surface area contributed by atoms with E-state index in [1.807, 2.05) is 72.8 Å². The maximum atomic E-state index is 13.2. The third-order valence-corrected chi connectivity index (χ3v) is 8.28. The van der Waals surface area contributed by atoms with Crippen molar-refractivity contribution in [3.05, 3.63) is 123 Å². The fraction of sp³-hybridized carbons (Fsp3) is 0.0606. The molecular formula is C33H22BrNO5S. The molecule has 1 aliphatic rings. The largest absolute Gasteiger partial charge is 0.493 e. The highest BCUT2D eigenvalue weighted by molar-refractivity contribution is 9.10. The quantitative estimate of drug-likeness (QED) is 0.108. The molecule has 41 heavy (non-hydrogen) atoms. The van der Waals surface area contributed by atoms with Crippen molar-refractivity contribution in [1.29, 1.82) is 0 Å². The lowest BCUT2D eigenvalue weighted by Crippen LogP contribution is -2.27. The number of amides is 2. The molecule has 202 valence electrons. The maximum Gasteiger partial charge on any atom is 0.344 e. The molecule has 5 aromatic rings. The van der Waals surface area contributed by atoms with Gasteiger partial charge in [-0.05, 0) is 90.7 Å². The first-order valence-electron chi connectivity index (χ1n) is 12.7. The highest BCUT2D eigenvalue weighted by atomic mass is 79.9. The van der Waals surface area contributed by atoms with E-state index in [9.17, 15) is 14.4 Å². The van der Waals surface area contributed by atoms with Crippen LogP contribution in [0.3, 0.4) is 0 Å². The number of rotatable bonds is 6. The van der Waals surface area contributed by atoms with Crippen LogP contribution in [0.4, 0.5) is 4.79 Å². The van der Waals surface area contributed by atoms with Gasteiger partial charge in [-0.25, -0.2) is 4.79 Å². The van der Waals surface area contributed by atoms with Crippen molar-refractivity contribution >= 4 is 72.4 Å². The van der Waals surface area contributed by atoms with Crippen molar-refractivity contribution in [2.24, 2.45) is 0 Å². The molecule has 0 unspecified atom stereocenters. The summed E-state index contributed by atoms with van der Waals surface area (Å²) in [5.74, 6) is -0.375. The number of imide groups is 1. The van der Waals surface area contributed by atoms with E-state index in [1.165, 1.54) is 12.0 Å². The Morgan fingerprint density at radius 3 is 2.41 bits per heavy atom. The number of thioether (sulfide) groups is 1. The zero-order valence-electron chi connectivity index (χ0n) is 21.8. The third kappa shape index (κ3) is 5.36. The number of hydrogen-bond donors (Lipinski definition) is 0. The molecule has 0 aromatic heterocycles. The average Bonchev–Trinajstić information content (AvgIpc) is 3.25. The van der Waals surface area contributed by atoms with Crippen LogP contribution in [0.5, 0.6) is 11.5 Å². The van der Waals surface area contributed by atoms with Crippen molar-refractivity contribution < 1.29 is 23.9 Å². The van der Waals surface area contributed by atoms with E-state index in [0.29, 0.717) is 26.3 Å². The van der Waals surface area contributed by atoms with Gasteiger partial charge in [0.2, 0.25) is 0 Å². The number of carbonyl (C=O) groups is 3. The summed E-state index contributed by atoms with van der Waals surface area (Å²) < 4.78 is 11.8. The van der Waals surface area contributed by atoms with Crippen LogP contribution in [0, 0.1) is 0 Å². The first-order chi connectivity index (χ1) is 19.9. The van der Waals surface area contributed by atoms with Crippen molar-refractivity contribution in [2.45, 2.75) is 6.54 Å². The normalized spacial score (nSPS) is 14.3. The van der Waals surface area contributed by atoms with Gasteiger partial charge in [0.25, 0.3) is 11.1 Å². The lowest BCUT2D eigenvalue weighted by molar-refractivity contribution is -0.123. The number of halogens is 1. The van der Waals surface area contributed by atoms with Gasteiger partial charge >= 0.3 is 5.97 Å². The SMILES string of the molecule is COc1cc(/C=C2\SC(=O)N(Cc3ccc4ccccc4c3)C2=O)cc(Br)c1OC(=O)c1cccc2ccccc12. The number of carbonyl (C=O) groups excluding carboxylic acids is 3. The highest BCUT2D eigenvalue weighted by Crippen LogP contribution is 2.40. The summed E-state index contributed by atoms with van der Waals surface area (Å²) in [5.41, 5.74) is 1.91. The predicted molar refractivity (Wildman–Crippen MR) is 165 cm³/mol. The summed E-state index contributed by atoms with van der Waals surface area (Å²) >= 11 is 4.38. The van der Waals surface area contributed by atoms with Gasteiger partial charge in [0, 0.05) is 0 Å². The smallest absolute Gasteiger partial charge is 0.344 e. The fourth-order valence-corrected chi connectivity index (χ4v) is 6.16. The van der Waals surface area contributed by atoms with Crippen LogP contribution in [-0.2, 0) is 11.3 Å². The minimum atomic E-state index is -0.525. The summed E-state index contributed by atoms with van der Waals surface area (Å²) in [4.78, 5) is 40.7. The van der Waals surface area contributed by atoms with Gasteiger partial charge in [-0.3, -0.25) is 14.5 Å². The Morgan fingerprint density at radius 2 is 1.61 bits per heavy atom. The summed E-state index contributed by atoms with van der Waals surface area (Å²) in [6.45, 7) is 0.183. The van der Waals surface area contributed by atoms with Crippen LogP contribution in [-0.4, -0.2) is 29.1 Å². The Labute approximate surface area is 248 Å². The third-order valence-electron chi connectivity index (χ3n) is 6.78. The van der Waals surface area contributed by atoms with E-state index in [4.69, 9.17) is 9.47 Å². The lowest BCUT2D eigenvalue weighted by atomic mass is 10.0. The number of nitrogens with zero attached hydrogens (tertiary/aromatic N) is 1. The molecule has 0 atom stereocenters. The molecule has 5 aromatic carbocycles. The molecule has 6 nitrogen and oxygen atoms in total. The highest BCUT2D eigenvalue weighted by Gasteiger charge is 2.35. The van der Waals surface area contributed by atoms with Gasteiger partial charge in [-0.2, -0.15) is 0 Å². The summed E-state index contributed by atoms with van der Waals surface area (Å²) in [6.07, 6.45) is 1.63. The second kappa shape index (κ2) is 11.2. The van der Waals surface area contributed by atoms with Gasteiger partial charge in [-0.15, -0.1) is 0 Å². The van der Waals surface area contributed by atoms with Gasteiger partial charge in [0.05, 0.1) is 28.6 Å². The van der Waals surface area contributed by atoms with Crippen LogP contribution in [0.25, 0.3) is 27.6 Å². The molecule has 1 aliphatic heterocycles. The first-order valence-corrected chi connectivity index (χ1v) is 14.3. The maximum absolute atomic E-state index is 13.2. The van der Waals surface area contributed by atoms with E-state index >= 15 is 0 Å². The van der Waals surface area contributed by atoms with E-state index in [2.05, 4.69) is 15.9 Å². The van der Waals surface area contributed by atoms with Crippen molar-refractivity contribution in [3.8, 4) is 11.5 Å². The van der Waals surface area contributed by atoms with Crippen LogP contribution in [0.2, 0.25) is 0 Å². The van der Waals surface area contributed by atoms with E-state index < -0.39 is 5.97 Å². The van der Waals surface area contributed by atoms with Gasteiger partial charge in [-0.1, -0.05) is 72.8 Å². The zero-order valence-corrected chi connectivity index (χ0v) is 24.2. The van der Waals surface area contributed by atoms with Crippen LogP contribution in [0.1, 0.15) is 21.5 Å². The minimum Gasteiger partial charge on any atom is -0.493 e. The summed E-state index contributed by atoms with van der Waals surface area (Å²) in [6, 6.07) is 30.3. The molecule has 0 N–H and O–H groups in total. The van der Waals surface area contributed by atoms with Crippen molar-refractivity contribution in [3.63, 3.8) is 0 Å². The number of ether oxygens (including phenoxy) is 2. The number of benzene rings is 5. The predicted octanol–water partition coefficient (Wildman–Crippen LogP) is 8.22. The van der Waals surface area contributed by atoms with Gasteiger partial charge < -0.3 is 9.47 Å². The van der Waals surface area contributed by atoms with E-state index in [-0.39, 0.29) is 23.4 Å². The average molecular weight is 625 g/mol. The summed E-state index contributed by atoms with van der Waals surface area (Å²) in [7, 11) is 1.47. The number of esters is 1. The molecule has 1 heterocycles. The van der Waals surface area contributed by atoms with Gasteiger partial charge in [0.15, 0.2) is 11.5 Å².